The van der Waals surface area contributed by atoms with Crippen LogP contribution in [0.4, 0.5) is 5.69 Å². The van der Waals surface area contributed by atoms with E-state index in [4.69, 9.17) is 0 Å². The molecule has 6 rings (SSSR count). The van der Waals surface area contributed by atoms with Crippen molar-refractivity contribution in [1.82, 2.24) is 4.90 Å². The van der Waals surface area contributed by atoms with Gasteiger partial charge in [-0.05, 0) is 87.3 Å². The minimum absolute atomic E-state index is 0.00929. The van der Waals surface area contributed by atoms with Gasteiger partial charge in [-0.1, -0.05) is 25.5 Å². The average molecular weight is 547 g/mol. The van der Waals surface area contributed by atoms with Gasteiger partial charge in [0.2, 0.25) is 0 Å². The smallest absolute Gasteiger partial charge is 0.178 e. The predicted molar refractivity (Wildman–Crippen MR) is 153 cm³/mol. The Hall–Kier alpha value is -2.61. The van der Waals surface area contributed by atoms with E-state index in [0.29, 0.717) is 18.4 Å². The summed E-state index contributed by atoms with van der Waals surface area (Å²) < 4.78 is 0. The van der Waals surface area contributed by atoms with Gasteiger partial charge in [-0.15, -0.1) is 0 Å². The van der Waals surface area contributed by atoms with Gasteiger partial charge in [0.05, 0.1) is 12.6 Å². The van der Waals surface area contributed by atoms with Crippen LogP contribution in [0.2, 0.25) is 0 Å². The molecule has 214 valence electrons. The van der Waals surface area contributed by atoms with E-state index in [9.17, 15) is 24.6 Å². The Kier molecular flexibility index (Phi) is 6.71. The van der Waals surface area contributed by atoms with Gasteiger partial charge in [-0.2, -0.15) is 0 Å². The summed E-state index contributed by atoms with van der Waals surface area (Å²) in [6, 6.07) is 7.67. The maximum absolute atomic E-state index is 13.9. The minimum Gasteiger partial charge on any atom is -0.393 e. The van der Waals surface area contributed by atoms with Gasteiger partial charge < -0.3 is 15.1 Å². The van der Waals surface area contributed by atoms with Crippen LogP contribution in [0.15, 0.2) is 48.1 Å². The molecule has 1 aromatic rings. The summed E-state index contributed by atoms with van der Waals surface area (Å²) >= 11 is 0. The number of aliphatic hydroxyl groups is 2. The average Bonchev–Trinajstić information content (AvgIpc) is 3.20. The molecule has 7 heteroatoms. The highest BCUT2D eigenvalue weighted by molar-refractivity contribution is 6.01. The molecule has 5 aliphatic rings. The Balaban J connectivity index is 1.14. The van der Waals surface area contributed by atoms with Crippen LogP contribution in [0, 0.1) is 28.6 Å². The van der Waals surface area contributed by atoms with Gasteiger partial charge in [0, 0.05) is 54.2 Å². The summed E-state index contributed by atoms with van der Waals surface area (Å²) in [7, 11) is 0. The fourth-order valence-electron chi connectivity index (χ4n) is 9.19. The summed E-state index contributed by atoms with van der Waals surface area (Å²) in [6.45, 7) is 8.97. The number of fused-ring (bicyclic) bond motifs is 5. The van der Waals surface area contributed by atoms with Crippen molar-refractivity contribution < 1.29 is 24.6 Å². The summed E-state index contributed by atoms with van der Waals surface area (Å²) in [5, 5.41) is 23.7. The molecule has 2 N–H and O–H groups in total. The number of carbonyl (C=O) groups is 3. The Labute approximate surface area is 236 Å². The Bertz CT molecular complexity index is 1280. The lowest BCUT2D eigenvalue weighted by Gasteiger charge is -2.59. The lowest BCUT2D eigenvalue weighted by atomic mass is 9.46. The van der Waals surface area contributed by atoms with Crippen LogP contribution in [0.5, 0.6) is 0 Å². The normalized spacial score (nSPS) is 39.3. The Morgan fingerprint density at radius 1 is 1.05 bits per heavy atom. The number of aliphatic hydroxyl groups excluding tert-OH is 1. The second-order valence-electron chi connectivity index (χ2n) is 13.4. The van der Waals surface area contributed by atoms with Gasteiger partial charge in [0.15, 0.2) is 17.3 Å². The van der Waals surface area contributed by atoms with Crippen LogP contribution in [0.3, 0.4) is 0 Å². The molecular weight excluding hydrogens is 504 g/mol. The van der Waals surface area contributed by atoms with Crippen molar-refractivity contribution in [2.45, 2.75) is 64.6 Å². The quantitative estimate of drug-likeness (QED) is 0.545. The number of allylic oxidation sites excluding steroid dienone is 4. The summed E-state index contributed by atoms with van der Waals surface area (Å²) in [5.74, 6) is 0.313. The van der Waals surface area contributed by atoms with E-state index in [1.807, 2.05) is 37.3 Å². The first-order valence-electron chi connectivity index (χ1n) is 14.9. The van der Waals surface area contributed by atoms with E-state index in [1.54, 1.807) is 19.1 Å². The number of anilines is 1. The van der Waals surface area contributed by atoms with Crippen molar-refractivity contribution >= 4 is 23.0 Å². The van der Waals surface area contributed by atoms with E-state index >= 15 is 0 Å². The topological polar surface area (TPSA) is 98.2 Å². The molecule has 4 fully saturated rings. The number of rotatable bonds is 5. The van der Waals surface area contributed by atoms with Gasteiger partial charge in [-0.3, -0.25) is 19.3 Å². The largest absolute Gasteiger partial charge is 0.393 e. The number of carbonyl (C=O) groups excluding carboxylic acids is 3. The van der Waals surface area contributed by atoms with E-state index in [-0.39, 0.29) is 47.1 Å². The number of nitrogens with zero attached hydrogens (tertiary/aromatic N) is 2. The molecule has 5 unspecified atom stereocenters. The van der Waals surface area contributed by atoms with Gasteiger partial charge in [0.25, 0.3) is 0 Å². The third-order valence-electron chi connectivity index (χ3n) is 11.5. The highest BCUT2D eigenvalue weighted by Gasteiger charge is 2.68. The SMILES string of the molecule is CC(=O)c1ccc(N2CCN(CC(=O)[C@@]3(O)CCC4C5CCC6=CC(=O)C=CC6(C)C5[C@@H](O)CC43C)CC2)cc1. The Morgan fingerprint density at radius 2 is 1.75 bits per heavy atom. The molecule has 3 saturated carbocycles. The molecule has 0 aromatic heterocycles. The van der Waals surface area contributed by atoms with E-state index in [2.05, 4.69) is 16.7 Å². The van der Waals surface area contributed by atoms with Crippen LogP contribution in [0.1, 0.15) is 63.2 Å². The number of Topliss-reactive ketones (excluding diaryl/α,β-unsaturated/α-hetero) is 2. The zero-order valence-corrected chi connectivity index (χ0v) is 23.9. The van der Waals surface area contributed by atoms with Crippen LogP contribution < -0.4 is 4.90 Å². The molecule has 7 atom stereocenters. The van der Waals surface area contributed by atoms with E-state index in [1.165, 1.54) is 0 Å². The molecule has 1 heterocycles. The van der Waals surface area contributed by atoms with Crippen molar-refractivity contribution in [1.29, 1.82) is 0 Å². The molecule has 4 aliphatic carbocycles. The van der Waals surface area contributed by atoms with Gasteiger partial charge in [0.1, 0.15) is 5.60 Å². The standard InChI is InChI=1S/C33H42N2O5/c1-21(36)22-4-7-24(8-5-22)35-16-14-34(15-17-35)20-29(39)33(40)13-11-27-26-9-6-23-18-25(37)10-12-31(23,2)30(26)28(38)19-32(27,33)3/h4-5,7-8,10,12,18,26-28,30,38,40H,6,9,11,13-17,19-20H2,1-3H3/t26?,27?,28-,30?,31?,32?,33-/m0/s1. The van der Waals surface area contributed by atoms with E-state index < -0.39 is 17.1 Å². The molecule has 0 spiro atoms. The lowest BCUT2D eigenvalue weighted by molar-refractivity contribution is -0.177. The first kappa shape index (κ1) is 27.6. The number of hydrogen-bond acceptors (Lipinski definition) is 7. The zero-order chi connectivity index (χ0) is 28.4. The van der Waals surface area contributed by atoms with Crippen LogP contribution >= 0.6 is 0 Å². The molecule has 40 heavy (non-hydrogen) atoms. The van der Waals surface area contributed by atoms with Gasteiger partial charge >= 0.3 is 0 Å². The molecule has 1 saturated heterocycles. The zero-order valence-electron chi connectivity index (χ0n) is 23.9. The number of piperazine rings is 1. The summed E-state index contributed by atoms with van der Waals surface area (Å²) in [5.41, 5.74) is 0.419. The maximum atomic E-state index is 13.9. The monoisotopic (exact) mass is 546 g/mol. The first-order chi connectivity index (χ1) is 19.0. The lowest BCUT2D eigenvalue weighted by Crippen LogP contribution is -2.62. The van der Waals surface area contributed by atoms with Crippen LogP contribution in [0.25, 0.3) is 0 Å². The van der Waals surface area contributed by atoms with Crippen LogP contribution in [-0.2, 0) is 9.59 Å². The fraction of sp³-hybridized carbons (Fsp3) is 0.606. The maximum Gasteiger partial charge on any atom is 0.178 e. The molecule has 1 aromatic carbocycles. The highest BCUT2D eigenvalue weighted by atomic mass is 16.3. The third-order valence-corrected chi connectivity index (χ3v) is 11.5. The number of hydrogen-bond donors (Lipinski definition) is 2. The summed E-state index contributed by atoms with van der Waals surface area (Å²) in [6.07, 6.45) is 8.08. The van der Waals surface area contributed by atoms with Crippen molar-refractivity contribution in [3.05, 3.63) is 53.6 Å². The first-order valence-corrected chi connectivity index (χ1v) is 14.9. The van der Waals surface area contributed by atoms with Crippen LogP contribution in [-0.4, -0.2) is 76.9 Å². The predicted octanol–water partition coefficient (Wildman–Crippen LogP) is 3.59. The number of benzene rings is 1. The van der Waals surface area contributed by atoms with Crippen molar-refractivity contribution in [2.75, 3.05) is 37.6 Å². The second kappa shape index (κ2) is 9.74. The van der Waals surface area contributed by atoms with E-state index in [0.717, 1.165) is 56.7 Å². The van der Waals surface area contributed by atoms with Crippen molar-refractivity contribution in [2.24, 2.45) is 28.6 Å². The second-order valence-corrected chi connectivity index (χ2v) is 13.4. The molecule has 7 nitrogen and oxygen atoms in total. The molecule has 0 bridgehead atoms. The Morgan fingerprint density at radius 3 is 2.42 bits per heavy atom. The minimum atomic E-state index is -1.45. The number of ketones is 3. The molecule has 0 amide bonds. The van der Waals surface area contributed by atoms with Crippen molar-refractivity contribution in [3.63, 3.8) is 0 Å². The highest BCUT2D eigenvalue weighted by Crippen LogP contribution is 2.67. The molecular formula is C33H42N2O5. The molecule has 1 aliphatic heterocycles. The fourth-order valence-corrected chi connectivity index (χ4v) is 9.19. The summed E-state index contributed by atoms with van der Waals surface area (Å²) in [4.78, 5) is 41.9. The third kappa shape index (κ3) is 4.15. The van der Waals surface area contributed by atoms with Gasteiger partial charge in [-0.25, -0.2) is 0 Å². The van der Waals surface area contributed by atoms with Crippen molar-refractivity contribution in [3.8, 4) is 0 Å². The molecule has 0 radical (unpaired) electrons.